The van der Waals surface area contributed by atoms with Crippen LogP contribution in [0.1, 0.15) is 20.9 Å². The van der Waals surface area contributed by atoms with Crippen LogP contribution in [0.4, 0.5) is 24.5 Å². The molecule has 1 N–H and O–H groups in total. The molecule has 0 saturated carbocycles. The van der Waals surface area contributed by atoms with Crippen LogP contribution in [0.3, 0.4) is 0 Å². The predicted molar refractivity (Wildman–Crippen MR) is 106 cm³/mol. The van der Waals surface area contributed by atoms with Crippen LogP contribution >= 0.6 is 11.3 Å². The molecular weight excluding hydrogens is 405 g/mol. The number of thiophene rings is 1. The molecule has 3 aromatic rings. The standard InChI is InChI=1S/C19H19F3N4O2S/c1-11-13-10-16(29-18(13)25(2)24-11)17(27)23-15-4-3-12(9-14(15)19(20,21)22)26-5-7-28-8-6-26/h3-4,9-10H,5-8H2,1-2H3,(H,23,27). The first-order chi connectivity index (χ1) is 13.7. The van der Waals surface area contributed by atoms with Gasteiger partial charge in [0.1, 0.15) is 4.83 Å². The minimum absolute atomic E-state index is 0.258. The maximum absolute atomic E-state index is 13.7. The Labute approximate surface area is 168 Å². The van der Waals surface area contributed by atoms with Crippen molar-refractivity contribution < 1.29 is 22.7 Å². The Morgan fingerprint density at radius 3 is 2.62 bits per heavy atom. The number of benzene rings is 1. The molecule has 0 atom stereocenters. The third-order valence-corrected chi connectivity index (χ3v) is 6.05. The minimum atomic E-state index is -4.59. The van der Waals surface area contributed by atoms with Crippen LogP contribution in [0.5, 0.6) is 0 Å². The fourth-order valence-corrected chi connectivity index (χ4v) is 4.41. The lowest BCUT2D eigenvalue weighted by molar-refractivity contribution is -0.136. The van der Waals surface area contributed by atoms with Gasteiger partial charge in [0.2, 0.25) is 0 Å². The highest BCUT2D eigenvalue weighted by atomic mass is 32.1. The molecular formula is C19H19F3N4O2S. The van der Waals surface area contributed by atoms with Gasteiger partial charge in [0.05, 0.1) is 35.0 Å². The van der Waals surface area contributed by atoms with E-state index < -0.39 is 17.6 Å². The van der Waals surface area contributed by atoms with E-state index in [9.17, 15) is 18.0 Å². The maximum Gasteiger partial charge on any atom is 0.418 e. The summed E-state index contributed by atoms with van der Waals surface area (Å²) in [4.78, 5) is 15.6. The van der Waals surface area contributed by atoms with Crippen LogP contribution in [-0.2, 0) is 18.0 Å². The van der Waals surface area contributed by atoms with Crippen LogP contribution in [-0.4, -0.2) is 42.0 Å². The lowest BCUT2D eigenvalue weighted by Crippen LogP contribution is -2.36. The van der Waals surface area contributed by atoms with Crippen molar-refractivity contribution in [1.82, 2.24) is 9.78 Å². The average molecular weight is 424 g/mol. The van der Waals surface area contributed by atoms with Crippen molar-refractivity contribution in [2.75, 3.05) is 36.5 Å². The van der Waals surface area contributed by atoms with Crippen molar-refractivity contribution in [1.29, 1.82) is 0 Å². The second-order valence-electron chi connectivity index (χ2n) is 6.82. The summed E-state index contributed by atoms with van der Waals surface area (Å²) < 4.78 is 47.9. The summed E-state index contributed by atoms with van der Waals surface area (Å²) in [5.74, 6) is -0.574. The number of nitrogens with one attached hydrogen (secondary N) is 1. The molecule has 0 radical (unpaired) electrons. The number of anilines is 2. The molecule has 10 heteroatoms. The number of carbonyl (C=O) groups is 1. The van der Waals surface area contributed by atoms with E-state index in [1.807, 2.05) is 11.8 Å². The summed E-state index contributed by atoms with van der Waals surface area (Å²) in [5.41, 5.74) is 0.103. The molecule has 29 heavy (non-hydrogen) atoms. The number of fused-ring (bicyclic) bond motifs is 1. The molecule has 1 amide bonds. The summed E-state index contributed by atoms with van der Waals surface area (Å²) in [7, 11) is 1.76. The molecule has 1 aliphatic rings. The number of hydrogen-bond donors (Lipinski definition) is 1. The number of amides is 1. The molecule has 0 bridgehead atoms. The Kier molecular flexibility index (Phi) is 4.99. The Morgan fingerprint density at radius 1 is 1.24 bits per heavy atom. The molecule has 0 unspecified atom stereocenters. The lowest BCUT2D eigenvalue weighted by Gasteiger charge is -2.29. The number of halogens is 3. The number of nitrogens with zero attached hydrogens (tertiary/aromatic N) is 3. The number of ether oxygens (including phenoxy) is 1. The van der Waals surface area contributed by atoms with Gasteiger partial charge in [-0.05, 0) is 31.2 Å². The van der Waals surface area contributed by atoms with E-state index in [0.717, 1.165) is 22.0 Å². The third kappa shape index (κ3) is 3.82. The Balaban J connectivity index is 1.64. The van der Waals surface area contributed by atoms with Crippen molar-refractivity contribution in [3.8, 4) is 0 Å². The van der Waals surface area contributed by atoms with E-state index in [4.69, 9.17) is 4.74 Å². The summed E-state index contributed by atoms with van der Waals surface area (Å²) in [5, 5.41) is 7.52. The van der Waals surface area contributed by atoms with E-state index >= 15 is 0 Å². The largest absolute Gasteiger partial charge is 0.418 e. The van der Waals surface area contributed by atoms with Gasteiger partial charge in [-0.2, -0.15) is 18.3 Å². The van der Waals surface area contributed by atoms with E-state index in [0.29, 0.717) is 36.9 Å². The molecule has 1 aromatic carbocycles. The Hall–Kier alpha value is -2.59. The fraction of sp³-hybridized carbons (Fsp3) is 0.368. The molecule has 0 spiro atoms. The molecule has 1 aliphatic heterocycles. The first kappa shape index (κ1) is 19.7. The van der Waals surface area contributed by atoms with Gasteiger partial charge in [-0.3, -0.25) is 9.48 Å². The number of alkyl halides is 3. The second-order valence-corrected chi connectivity index (χ2v) is 7.85. The van der Waals surface area contributed by atoms with E-state index in [1.165, 1.54) is 17.4 Å². The third-order valence-electron chi connectivity index (χ3n) is 4.85. The zero-order valence-electron chi connectivity index (χ0n) is 15.8. The summed E-state index contributed by atoms with van der Waals surface area (Å²) in [6.45, 7) is 3.82. The first-order valence-corrected chi connectivity index (χ1v) is 9.84. The van der Waals surface area contributed by atoms with Gasteiger partial charge in [0.25, 0.3) is 5.91 Å². The quantitative estimate of drug-likeness (QED) is 0.689. The van der Waals surface area contributed by atoms with Crippen molar-refractivity contribution in [2.24, 2.45) is 7.05 Å². The lowest BCUT2D eigenvalue weighted by atomic mass is 10.1. The van der Waals surface area contributed by atoms with Crippen LogP contribution in [0.25, 0.3) is 10.2 Å². The fourth-order valence-electron chi connectivity index (χ4n) is 3.40. The highest BCUT2D eigenvalue weighted by Crippen LogP contribution is 2.38. The number of morpholine rings is 1. The number of aryl methyl sites for hydroxylation is 2. The maximum atomic E-state index is 13.7. The molecule has 6 nitrogen and oxygen atoms in total. The zero-order valence-corrected chi connectivity index (χ0v) is 16.7. The number of hydrogen-bond acceptors (Lipinski definition) is 5. The highest BCUT2D eigenvalue weighted by Gasteiger charge is 2.35. The SMILES string of the molecule is Cc1nn(C)c2sc(C(=O)Nc3ccc(N4CCOCC4)cc3C(F)(F)F)cc12. The van der Waals surface area contributed by atoms with E-state index in [1.54, 1.807) is 23.9 Å². The predicted octanol–water partition coefficient (Wildman–Crippen LogP) is 4.05. The molecule has 1 saturated heterocycles. The number of carbonyl (C=O) groups excluding carboxylic acids is 1. The monoisotopic (exact) mass is 424 g/mol. The van der Waals surface area contributed by atoms with Gasteiger partial charge in [-0.1, -0.05) is 0 Å². The first-order valence-electron chi connectivity index (χ1n) is 9.02. The average Bonchev–Trinajstić information content (AvgIpc) is 3.23. The second kappa shape index (κ2) is 7.34. The Morgan fingerprint density at radius 2 is 1.97 bits per heavy atom. The molecule has 0 aliphatic carbocycles. The van der Waals surface area contributed by atoms with Crippen LogP contribution in [0.2, 0.25) is 0 Å². The van der Waals surface area contributed by atoms with Gasteiger partial charge < -0.3 is 15.0 Å². The van der Waals surface area contributed by atoms with Crippen LogP contribution in [0.15, 0.2) is 24.3 Å². The van der Waals surface area contributed by atoms with Gasteiger partial charge in [0, 0.05) is 31.2 Å². The van der Waals surface area contributed by atoms with Gasteiger partial charge in [0.15, 0.2) is 0 Å². The van der Waals surface area contributed by atoms with Crippen molar-refractivity contribution in [2.45, 2.75) is 13.1 Å². The van der Waals surface area contributed by atoms with Gasteiger partial charge in [-0.25, -0.2) is 0 Å². The smallest absolute Gasteiger partial charge is 0.378 e. The summed E-state index contributed by atoms with van der Waals surface area (Å²) in [6.07, 6.45) is -4.59. The number of aromatic nitrogens is 2. The minimum Gasteiger partial charge on any atom is -0.378 e. The van der Waals surface area contributed by atoms with Crippen LogP contribution in [0, 0.1) is 6.92 Å². The van der Waals surface area contributed by atoms with Gasteiger partial charge >= 0.3 is 6.18 Å². The summed E-state index contributed by atoms with van der Waals surface area (Å²) >= 11 is 1.20. The summed E-state index contributed by atoms with van der Waals surface area (Å²) in [6, 6.07) is 5.65. The number of rotatable bonds is 3. The van der Waals surface area contributed by atoms with Crippen molar-refractivity contribution >= 4 is 38.8 Å². The Bertz CT molecular complexity index is 1030. The normalized spacial score (nSPS) is 15.1. The molecule has 1 fully saturated rings. The van der Waals surface area contributed by atoms with E-state index in [-0.39, 0.29) is 5.69 Å². The topological polar surface area (TPSA) is 59.4 Å². The van der Waals surface area contributed by atoms with Crippen molar-refractivity contribution in [3.63, 3.8) is 0 Å². The molecule has 2 aromatic heterocycles. The highest BCUT2D eigenvalue weighted by molar-refractivity contribution is 7.20. The molecule has 3 heterocycles. The molecule has 154 valence electrons. The van der Waals surface area contributed by atoms with Crippen LogP contribution < -0.4 is 10.2 Å². The van der Waals surface area contributed by atoms with Gasteiger partial charge in [-0.15, -0.1) is 11.3 Å². The zero-order chi connectivity index (χ0) is 20.8. The van der Waals surface area contributed by atoms with E-state index in [2.05, 4.69) is 10.4 Å². The molecule has 4 rings (SSSR count). The van der Waals surface area contributed by atoms with Crippen molar-refractivity contribution in [3.05, 3.63) is 40.4 Å².